The molecule has 1 aliphatic rings. The molecule has 1 amide bonds. The van der Waals surface area contributed by atoms with Gasteiger partial charge in [0.15, 0.2) is 0 Å². The van der Waals surface area contributed by atoms with E-state index in [4.69, 9.17) is 5.11 Å². The fourth-order valence-corrected chi connectivity index (χ4v) is 2.69. The van der Waals surface area contributed by atoms with Gasteiger partial charge in [0.05, 0.1) is 13.0 Å². The van der Waals surface area contributed by atoms with E-state index in [0.29, 0.717) is 6.54 Å². The fourth-order valence-electron chi connectivity index (χ4n) is 2.69. The number of hydrogen-bond donors (Lipinski definition) is 1. The molecule has 0 atom stereocenters. The first-order valence-electron chi connectivity index (χ1n) is 7.87. The maximum atomic E-state index is 12.4. The molecule has 22 heavy (non-hydrogen) atoms. The van der Waals surface area contributed by atoms with Crippen LogP contribution in [0, 0.1) is 6.92 Å². The van der Waals surface area contributed by atoms with E-state index in [-0.39, 0.29) is 18.9 Å². The lowest BCUT2D eigenvalue weighted by molar-refractivity contribution is -0.137. The van der Waals surface area contributed by atoms with Crippen LogP contribution < -0.4 is 4.90 Å². The number of aliphatic carboxylic acids is 1. The SMILES string of the molecule is Cc1ccc(N(CCC(=O)O)CC(=O)N2CCCCC2)cc1. The Bertz CT molecular complexity index is 507. The largest absolute Gasteiger partial charge is 0.481 e. The van der Waals surface area contributed by atoms with E-state index in [0.717, 1.165) is 37.2 Å². The van der Waals surface area contributed by atoms with E-state index in [1.807, 2.05) is 41.0 Å². The number of amides is 1. The number of carboxylic acid groups (broad SMARTS) is 1. The van der Waals surface area contributed by atoms with Gasteiger partial charge in [-0.25, -0.2) is 0 Å². The average molecular weight is 304 g/mol. The summed E-state index contributed by atoms with van der Waals surface area (Å²) in [5, 5.41) is 8.91. The smallest absolute Gasteiger partial charge is 0.305 e. The zero-order valence-corrected chi connectivity index (χ0v) is 13.1. The number of nitrogens with zero attached hydrogens (tertiary/aromatic N) is 2. The normalized spacial score (nSPS) is 14.7. The molecule has 0 unspecified atom stereocenters. The van der Waals surface area contributed by atoms with Crippen molar-refractivity contribution in [3.8, 4) is 0 Å². The summed E-state index contributed by atoms with van der Waals surface area (Å²) in [5.41, 5.74) is 2.04. The van der Waals surface area contributed by atoms with Crippen LogP contribution in [0.15, 0.2) is 24.3 Å². The highest BCUT2D eigenvalue weighted by Gasteiger charge is 2.20. The predicted octanol–water partition coefficient (Wildman–Crippen LogP) is 2.29. The van der Waals surface area contributed by atoms with Crippen molar-refractivity contribution >= 4 is 17.6 Å². The Morgan fingerprint density at radius 2 is 1.77 bits per heavy atom. The van der Waals surface area contributed by atoms with Crippen molar-refractivity contribution in [1.29, 1.82) is 0 Å². The number of aryl methyl sites for hydroxylation is 1. The summed E-state index contributed by atoms with van der Waals surface area (Å²) in [4.78, 5) is 27.0. The van der Waals surface area contributed by atoms with Crippen LogP contribution in [0.25, 0.3) is 0 Å². The van der Waals surface area contributed by atoms with Gasteiger partial charge in [0.2, 0.25) is 5.91 Å². The van der Waals surface area contributed by atoms with Crippen LogP contribution in [-0.4, -0.2) is 48.1 Å². The maximum absolute atomic E-state index is 12.4. The van der Waals surface area contributed by atoms with Gasteiger partial charge in [-0.05, 0) is 38.3 Å². The first kappa shape index (κ1) is 16.3. The Balaban J connectivity index is 2.04. The van der Waals surface area contributed by atoms with Gasteiger partial charge in [-0.3, -0.25) is 9.59 Å². The van der Waals surface area contributed by atoms with Gasteiger partial charge in [0.1, 0.15) is 0 Å². The van der Waals surface area contributed by atoms with Crippen LogP contribution in [0.5, 0.6) is 0 Å². The summed E-state index contributed by atoms with van der Waals surface area (Å²) < 4.78 is 0. The molecule has 0 spiro atoms. The van der Waals surface area contributed by atoms with E-state index >= 15 is 0 Å². The quantitative estimate of drug-likeness (QED) is 0.876. The van der Waals surface area contributed by atoms with Gasteiger partial charge < -0.3 is 14.9 Å². The second-order valence-electron chi connectivity index (χ2n) is 5.84. The van der Waals surface area contributed by atoms with Gasteiger partial charge in [-0.1, -0.05) is 17.7 Å². The molecule has 0 aromatic heterocycles. The maximum Gasteiger partial charge on any atom is 0.305 e. The number of carbonyl (C=O) groups excluding carboxylic acids is 1. The van der Waals surface area contributed by atoms with E-state index in [2.05, 4.69) is 0 Å². The number of piperidine rings is 1. The van der Waals surface area contributed by atoms with Crippen molar-refractivity contribution in [3.05, 3.63) is 29.8 Å². The van der Waals surface area contributed by atoms with Crippen molar-refractivity contribution in [2.45, 2.75) is 32.6 Å². The van der Waals surface area contributed by atoms with Gasteiger partial charge in [0, 0.05) is 25.3 Å². The topological polar surface area (TPSA) is 60.9 Å². The number of likely N-dealkylation sites (tertiary alicyclic amines) is 1. The molecule has 0 radical (unpaired) electrons. The number of benzene rings is 1. The lowest BCUT2D eigenvalue weighted by atomic mass is 10.1. The number of rotatable bonds is 6. The number of carbonyl (C=O) groups is 2. The average Bonchev–Trinajstić information content (AvgIpc) is 2.53. The molecule has 1 aromatic carbocycles. The monoisotopic (exact) mass is 304 g/mol. The molecule has 1 N–H and O–H groups in total. The lowest BCUT2D eigenvalue weighted by Gasteiger charge is -2.31. The Morgan fingerprint density at radius 1 is 1.14 bits per heavy atom. The Labute approximate surface area is 131 Å². The minimum atomic E-state index is -0.845. The van der Waals surface area contributed by atoms with Crippen molar-refractivity contribution < 1.29 is 14.7 Å². The highest BCUT2D eigenvalue weighted by Crippen LogP contribution is 2.17. The molecular weight excluding hydrogens is 280 g/mol. The zero-order chi connectivity index (χ0) is 15.9. The van der Waals surface area contributed by atoms with Crippen LogP contribution in [0.3, 0.4) is 0 Å². The molecule has 0 saturated carbocycles. The minimum absolute atomic E-state index is 0.0289. The summed E-state index contributed by atoms with van der Waals surface area (Å²) in [5.74, 6) is -0.756. The van der Waals surface area contributed by atoms with Gasteiger partial charge >= 0.3 is 5.97 Å². The summed E-state index contributed by atoms with van der Waals surface area (Å²) in [6.07, 6.45) is 3.34. The molecule has 120 valence electrons. The van der Waals surface area contributed by atoms with Crippen molar-refractivity contribution in [2.24, 2.45) is 0 Å². The number of hydrogen-bond acceptors (Lipinski definition) is 3. The molecule has 1 aliphatic heterocycles. The van der Waals surface area contributed by atoms with Gasteiger partial charge in [-0.2, -0.15) is 0 Å². The second-order valence-corrected chi connectivity index (χ2v) is 5.84. The molecule has 1 fully saturated rings. The lowest BCUT2D eigenvalue weighted by Crippen LogP contribution is -2.43. The molecule has 5 heteroatoms. The standard InChI is InChI=1S/C17H24N2O3/c1-14-5-7-15(8-6-14)19(12-9-17(21)22)13-16(20)18-10-3-2-4-11-18/h5-8H,2-4,9-13H2,1H3,(H,21,22). The van der Waals surface area contributed by atoms with Crippen molar-refractivity contribution in [3.63, 3.8) is 0 Å². The first-order chi connectivity index (χ1) is 10.6. The zero-order valence-electron chi connectivity index (χ0n) is 13.1. The second kappa shape index (κ2) is 7.82. The fraction of sp³-hybridized carbons (Fsp3) is 0.529. The minimum Gasteiger partial charge on any atom is -0.481 e. The first-order valence-corrected chi connectivity index (χ1v) is 7.87. The third-order valence-corrected chi connectivity index (χ3v) is 4.03. The predicted molar refractivity (Wildman–Crippen MR) is 86.1 cm³/mol. The van der Waals surface area contributed by atoms with E-state index in [1.54, 1.807) is 0 Å². The molecule has 0 aliphatic carbocycles. The van der Waals surface area contributed by atoms with Crippen molar-refractivity contribution in [1.82, 2.24) is 4.90 Å². The summed E-state index contributed by atoms with van der Waals surface area (Å²) in [6.45, 7) is 4.23. The summed E-state index contributed by atoms with van der Waals surface area (Å²) in [6, 6.07) is 7.85. The summed E-state index contributed by atoms with van der Waals surface area (Å²) in [7, 11) is 0. The third-order valence-electron chi connectivity index (χ3n) is 4.03. The van der Waals surface area contributed by atoms with Crippen molar-refractivity contribution in [2.75, 3.05) is 31.1 Å². The van der Waals surface area contributed by atoms with Crippen LogP contribution in [0.1, 0.15) is 31.2 Å². The molecule has 2 rings (SSSR count). The number of anilines is 1. The molecule has 0 bridgehead atoms. The molecule has 1 aromatic rings. The highest BCUT2D eigenvalue weighted by atomic mass is 16.4. The molecule has 1 heterocycles. The van der Waals surface area contributed by atoms with Crippen LogP contribution in [-0.2, 0) is 9.59 Å². The van der Waals surface area contributed by atoms with E-state index < -0.39 is 5.97 Å². The third kappa shape index (κ3) is 4.76. The highest BCUT2D eigenvalue weighted by molar-refractivity contribution is 5.82. The molecule has 1 saturated heterocycles. The van der Waals surface area contributed by atoms with Gasteiger partial charge in [0.25, 0.3) is 0 Å². The Morgan fingerprint density at radius 3 is 2.36 bits per heavy atom. The van der Waals surface area contributed by atoms with Crippen LogP contribution in [0.4, 0.5) is 5.69 Å². The molecule has 5 nitrogen and oxygen atoms in total. The van der Waals surface area contributed by atoms with E-state index in [1.165, 1.54) is 6.42 Å². The van der Waals surface area contributed by atoms with Crippen LogP contribution >= 0.6 is 0 Å². The summed E-state index contributed by atoms with van der Waals surface area (Å²) >= 11 is 0. The van der Waals surface area contributed by atoms with Gasteiger partial charge in [-0.15, -0.1) is 0 Å². The molecular formula is C17H24N2O3. The Kier molecular flexibility index (Phi) is 5.81. The van der Waals surface area contributed by atoms with E-state index in [9.17, 15) is 9.59 Å². The Hall–Kier alpha value is -2.04. The number of carboxylic acids is 1. The van der Waals surface area contributed by atoms with Crippen LogP contribution in [0.2, 0.25) is 0 Å².